The Balaban J connectivity index is 1.18. The number of carbonyl (C=O) groups is 1. The summed E-state index contributed by atoms with van der Waals surface area (Å²) in [5.41, 5.74) is 2.33. The lowest BCUT2D eigenvalue weighted by molar-refractivity contribution is -0.145. The minimum absolute atomic E-state index is 0.260. The number of piperidine rings is 3. The van der Waals surface area contributed by atoms with Crippen LogP contribution in [0.3, 0.4) is 0 Å². The van der Waals surface area contributed by atoms with Crippen LogP contribution in [-0.4, -0.2) is 81.8 Å². The Bertz CT molecular complexity index is 1230. The van der Waals surface area contributed by atoms with E-state index in [1.807, 2.05) is 36.4 Å². The van der Waals surface area contributed by atoms with Gasteiger partial charge in [0.1, 0.15) is 5.75 Å². The van der Waals surface area contributed by atoms with Crippen LogP contribution in [0.1, 0.15) is 44.1 Å². The number of anilines is 1. The van der Waals surface area contributed by atoms with Crippen molar-refractivity contribution in [1.29, 1.82) is 0 Å². The summed E-state index contributed by atoms with van der Waals surface area (Å²) < 4.78 is 38.9. The largest absolute Gasteiger partial charge is 0.495 e. The van der Waals surface area contributed by atoms with Crippen LogP contribution >= 0.6 is 0 Å². The molecule has 9 heteroatoms. The number of nitrogens with zero attached hydrogens (tertiary/aromatic N) is 3. The van der Waals surface area contributed by atoms with Crippen LogP contribution in [0.2, 0.25) is 0 Å². The molecule has 0 saturated carbocycles. The number of rotatable bonds is 8. The maximum atomic E-state index is 14.1. The predicted molar refractivity (Wildman–Crippen MR) is 157 cm³/mol. The Kier molecular flexibility index (Phi) is 9.02. The van der Waals surface area contributed by atoms with Gasteiger partial charge in [0.25, 0.3) is 0 Å². The van der Waals surface area contributed by atoms with Gasteiger partial charge in [-0.1, -0.05) is 42.5 Å². The predicted octanol–water partition coefficient (Wildman–Crippen LogP) is 4.16. The second-order valence-corrected chi connectivity index (χ2v) is 13.7. The number of hydrogen-bond donors (Lipinski definition) is 0. The molecule has 3 aliphatic rings. The molecule has 0 aliphatic carbocycles. The van der Waals surface area contributed by atoms with E-state index in [0.717, 1.165) is 56.8 Å². The topological polar surface area (TPSA) is 79.4 Å². The molecule has 0 atom stereocenters. The Morgan fingerprint density at radius 3 is 2.00 bits per heavy atom. The van der Waals surface area contributed by atoms with Gasteiger partial charge in [0, 0.05) is 45.8 Å². The summed E-state index contributed by atoms with van der Waals surface area (Å²) in [5, 5.41) is 0. The number of hydrogen-bond acceptors (Lipinski definition) is 7. The molecule has 3 heterocycles. The highest BCUT2D eigenvalue weighted by Crippen LogP contribution is 2.40. The summed E-state index contributed by atoms with van der Waals surface area (Å²) in [4.78, 5) is 17.7. The lowest BCUT2D eigenvalue weighted by atomic mass is 9.79. The number of benzene rings is 2. The van der Waals surface area contributed by atoms with Crippen molar-refractivity contribution in [3.05, 3.63) is 60.2 Å². The third-order valence-electron chi connectivity index (χ3n) is 9.43. The maximum absolute atomic E-state index is 14.1. The van der Waals surface area contributed by atoms with Gasteiger partial charge >= 0.3 is 5.97 Å². The number of para-hydroxylation sites is 2. The van der Waals surface area contributed by atoms with E-state index in [2.05, 4.69) is 28.0 Å². The Morgan fingerprint density at radius 2 is 1.40 bits per heavy atom. The second-order valence-electron chi connectivity index (χ2n) is 11.5. The average molecular weight is 570 g/mol. The highest BCUT2D eigenvalue weighted by atomic mass is 32.2. The number of methoxy groups -OCH3 is 2. The first-order valence-electron chi connectivity index (χ1n) is 14.6. The van der Waals surface area contributed by atoms with E-state index in [1.165, 1.54) is 12.7 Å². The molecule has 3 fully saturated rings. The van der Waals surface area contributed by atoms with Crippen molar-refractivity contribution in [2.24, 2.45) is 11.8 Å². The molecule has 0 unspecified atom stereocenters. The summed E-state index contributed by atoms with van der Waals surface area (Å²) in [6, 6.07) is 18.3. The van der Waals surface area contributed by atoms with E-state index in [9.17, 15) is 13.2 Å². The molecular formula is C31H43N3O5S. The SMILES string of the molecule is COC(=O)C1(S(=O)(=O)N2CCC(C3CCN(c4ccccc4OC)CC3)CC2)CCN(Cc2ccccc2)CC1. The zero-order chi connectivity index (χ0) is 28.2. The van der Waals surface area contributed by atoms with Gasteiger partial charge in [-0.05, 0) is 68.1 Å². The number of esters is 1. The van der Waals surface area contributed by atoms with E-state index < -0.39 is 20.7 Å². The van der Waals surface area contributed by atoms with Gasteiger partial charge in [-0.3, -0.25) is 9.69 Å². The zero-order valence-corrected chi connectivity index (χ0v) is 24.7. The Labute approximate surface area is 239 Å². The van der Waals surface area contributed by atoms with Gasteiger partial charge in [-0.2, -0.15) is 0 Å². The highest BCUT2D eigenvalue weighted by Gasteiger charge is 2.56. The van der Waals surface area contributed by atoms with Crippen molar-refractivity contribution in [2.45, 2.75) is 49.8 Å². The van der Waals surface area contributed by atoms with Crippen LogP contribution in [-0.2, 0) is 26.1 Å². The summed E-state index contributed by atoms with van der Waals surface area (Å²) in [5.74, 6) is 1.39. The monoisotopic (exact) mass is 569 g/mol. The Morgan fingerprint density at radius 1 is 0.825 bits per heavy atom. The first-order chi connectivity index (χ1) is 19.4. The first kappa shape index (κ1) is 28.9. The van der Waals surface area contributed by atoms with Crippen LogP contribution in [0, 0.1) is 11.8 Å². The molecule has 0 aromatic heterocycles. The first-order valence-corrected chi connectivity index (χ1v) is 16.0. The van der Waals surface area contributed by atoms with Crippen LogP contribution in [0.25, 0.3) is 0 Å². The van der Waals surface area contributed by atoms with Gasteiger partial charge in [0.05, 0.1) is 19.9 Å². The van der Waals surface area contributed by atoms with Gasteiger partial charge in [-0.15, -0.1) is 0 Å². The molecule has 3 saturated heterocycles. The third-order valence-corrected chi connectivity index (χ3v) is 12.0. The molecule has 218 valence electrons. The molecule has 2 aromatic carbocycles. The lowest BCUT2D eigenvalue weighted by Crippen LogP contribution is -2.60. The van der Waals surface area contributed by atoms with Crippen LogP contribution in [0.15, 0.2) is 54.6 Å². The van der Waals surface area contributed by atoms with Crippen LogP contribution < -0.4 is 9.64 Å². The highest BCUT2D eigenvalue weighted by molar-refractivity contribution is 7.91. The van der Waals surface area contributed by atoms with E-state index >= 15 is 0 Å². The normalized spacial score (nSPS) is 21.7. The molecule has 3 aliphatic heterocycles. The lowest BCUT2D eigenvalue weighted by Gasteiger charge is -2.44. The van der Waals surface area contributed by atoms with Crippen molar-refractivity contribution >= 4 is 21.7 Å². The smallest absolute Gasteiger partial charge is 0.328 e. The molecule has 0 radical (unpaired) electrons. The second kappa shape index (κ2) is 12.5. The maximum Gasteiger partial charge on any atom is 0.328 e. The van der Waals surface area contributed by atoms with Gasteiger partial charge in [-0.25, -0.2) is 12.7 Å². The van der Waals surface area contributed by atoms with E-state index in [1.54, 1.807) is 11.4 Å². The molecule has 0 bridgehead atoms. The minimum Gasteiger partial charge on any atom is -0.495 e. The van der Waals surface area contributed by atoms with E-state index in [-0.39, 0.29) is 12.8 Å². The number of sulfonamides is 1. The van der Waals surface area contributed by atoms with Crippen molar-refractivity contribution < 1.29 is 22.7 Å². The fraction of sp³-hybridized carbons (Fsp3) is 0.581. The zero-order valence-electron chi connectivity index (χ0n) is 23.8. The molecule has 2 aromatic rings. The molecule has 0 amide bonds. The van der Waals surface area contributed by atoms with Crippen LogP contribution in [0.4, 0.5) is 5.69 Å². The van der Waals surface area contributed by atoms with Crippen molar-refractivity contribution in [2.75, 3.05) is 58.4 Å². The van der Waals surface area contributed by atoms with Crippen molar-refractivity contribution in [3.8, 4) is 5.75 Å². The third kappa shape index (κ3) is 5.74. The average Bonchev–Trinajstić information content (AvgIpc) is 3.01. The van der Waals surface area contributed by atoms with E-state index in [0.29, 0.717) is 38.0 Å². The number of ether oxygens (including phenoxy) is 2. The molecule has 40 heavy (non-hydrogen) atoms. The molecular weight excluding hydrogens is 526 g/mol. The summed E-state index contributed by atoms with van der Waals surface area (Å²) in [7, 11) is -0.832. The van der Waals surface area contributed by atoms with E-state index in [4.69, 9.17) is 9.47 Å². The number of likely N-dealkylation sites (tertiary alicyclic amines) is 1. The molecule has 0 spiro atoms. The van der Waals surface area contributed by atoms with Crippen molar-refractivity contribution in [3.63, 3.8) is 0 Å². The van der Waals surface area contributed by atoms with Gasteiger partial charge in [0.2, 0.25) is 10.0 Å². The van der Waals surface area contributed by atoms with Gasteiger partial charge in [0.15, 0.2) is 4.75 Å². The summed E-state index contributed by atoms with van der Waals surface area (Å²) in [6.45, 7) is 4.76. The molecule has 0 N–H and O–H groups in total. The van der Waals surface area contributed by atoms with Crippen molar-refractivity contribution in [1.82, 2.24) is 9.21 Å². The fourth-order valence-corrected chi connectivity index (χ4v) is 9.18. The van der Waals surface area contributed by atoms with Gasteiger partial charge < -0.3 is 14.4 Å². The summed E-state index contributed by atoms with van der Waals surface area (Å²) in [6.07, 6.45) is 4.40. The molecule has 8 nitrogen and oxygen atoms in total. The minimum atomic E-state index is -3.85. The quantitative estimate of drug-likeness (QED) is 0.442. The standard InChI is InChI=1S/C31H43N3O5S/c1-38-29-11-7-6-10-28(29)33-18-12-26(13-19-33)27-14-20-34(21-15-27)40(36,37)31(30(35)39-2)16-22-32(23-17-31)24-25-8-4-3-5-9-25/h3-11,26-27H,12-24H2,1-2H3. The van der Waals surface area contributed by atoms with Crippen LogP contribution in [0.5, 0.6) is 5.75 Å². The number of carbonyl (C=O) groups excluding carboxylic acids is 1. The fourth-order valence-electron chi connectivity index (χ4n) is 7.00. The molecule has 5 rings (SSSR count). The Hall–Kier alpha value is -2.62. The summed E-state index contributed by atoms with van der Waals surface area (Å²) >= 11 is 0.